The van der Waals surface area contributed by atoms with Gasteiger partial charge in [0.15, 0.2) is 0 Å². The van der Waals surface area contributed by atoms with Crippen LogP contribution in [0.15, 0.2) is 0 Å². The third kappa shape index (κ3) is 5.09. The van der Waals surface area contributed by atoms with Crippen molar-refractivity contribution in [3.63, 3.8) is 0 Å². The fourth-order valence-electron chi connectivity index (χ4n) is 2.35. The molecule has 1 aliphatic rings. The summed E-state index contributed by atoms with van der Waals surface area (Å²) in [5, 5.41) is 3.25. The number of nitrogens with zero attached hydrogens (tertiary/aromatic N) is 1. The standard InChI is InChI=1S/C14H28N2O3/c1-5-7-15-12(13(17)18-4)6-8-16-9-10-19-11-14(16,2)3/h12,15H,5-11H2,1-4H3. The topological polar surface area (TPSA) is 50.8 Å². The third-order valence-electron chi connectivity index (χ3n) is 3.63. The van der Waals surface area contributed by atoms with Gasteiger partial charge in [0.2, 0.25) is 0 Å². The Hall–Kier alpha value is -0.650. The first-order valence-corrected chi connectivity index (χ1v) is 7.15. The maximum absolute atomic E-state index is 11.7. The predicted octanol–water partition coefficient (Wildman–Crippen LogP) is 1.03. The van der Waals surface area contributed by atoms with Gasteiger partial charge in [0.05, 0.1) is 20.3 Å². The van der Waals surface area contributed by atoms with E-state index in [4.69, 9.17) is 9.47 Å². The normalized spacial score (nSPS) is 21.1. The molecule has 0 aromatic heterocycles. The first-order valence-electron chi connectivity index (χ1n) is 7.15. The summed E-state index contributed by atoms with van der Waals surface area (Å²) < 4.78 is 10.4. The van der Waals surface area contributed by atoms with Crippen molar-refractivity contribution >= 4 is 5.97 Å². The summed E-state index contributed by atoms with van der Waals surface area (Å²) in [6.45, 7) is 10.6. The number of carbonyl (C=O) groups excluding carboxylic acids is 1. The van der Waals surface area contributed by atoms with Crippen LogP contribution >= 0.6 is 0 Å². The molecule has 19 heavy (non-hydrogen) atoms. The molecule has 5 heteroatoms. The van der Waals surface area contributed by atoms with Gasteiger partial charge in [-0.25, -0.2) is 0 Å². The highest BCUT2D eigenvalue weighted by Gasteiger charge is 2.31. The van der Waals surface area contributed by atoms with E-state index in [9.17, 15) is 4.79 Å². The minimum Gasteiger partial charge on any atom is -0.468 e. The van der Waals surface area contributed by atoms with Crippen LogP contribution in [0.4, 0.5) is 0 Å². The van der Waals surface area contributed by atoms with Gasteiger partial charge in [-0.2, -0.15) is 0 Å². The SMILES string of the molecule is CCCNC(CCN1CCOCC1(C)C)C(=O)OC. The number of morpholine rings is 1. The molecular weight excluding hydrogens is 244 g/mol. The first kappa shape index (κ1) is 16.4. The second kappa shape index (κ2) is 7.82. The van der Waals surface area contributed by atoms with Gasteiger partial charge in [0.1, 0.15) is 6.04 Å². The van der Waals surface area contributed by atoms with Crippen molar-refractivity contribution in [1.29, 1.82) is 0 Å². The van der Waals surface area contributed by atoms with Crippen molar-refractivity contribution in [2.45, 2.75) is 45.2 Å². The molecule has 1 fully saturated rings. The molecule has 1 unspecified atom stereocenters. The van der Waals surface area contributed by atoms with Gasteiger partial charge >= 0.3 is 5.97 Å². The molecule has 1 N–H and O–H groups in total. The molecule has 1 atom stereocenters. The monoisotopic (exact) mass is 272 g/mol. The van der Waals surface area contributed by atoms with Gasteiger partial charge < -0.3 is 14.8 Å². The third-order valence-corrected chi connectivity index (χ3v) is 3.63. The van der Waals surface area contributed by atoms with Crippen molar-refractivity contribution in [3.05, 3.63) is 0 Å². The Labute approximate surface area is 116 Å². The molecule has 0 radical (unpaired) electrons. The molecule has 0 bridgehead atoms. The van der Waals surface area contributed by atoms with Gasteiger partial charge in [-0.3, -0.25) is 9.69 Å². The molecule has 1 saturated heterocycles. The summed E-state index contributed by atoms with van der Waals surface area (Å²) in [6.07, 6.45) is 1.78. The summed E-state index contributed by atoms with van der Waals surface area (Å²) in [6, 6.07) is -0.205. The fourth-order valence-corrected chi connectivity index (χ4v) is 2.35. The molecule has 5 nitrogen and oxygen atoms in total. The van der Waals surface area contributed by atoms with Crippen LogP contribution in [0.25, 0.3) is 0 Å². The van der Waals surface area contributed by atoms with Crippen molar-refractivity contribution in [2.75, 3.05) is 40.0 Å². The number of ether oxygens (including phenoxy) is 2. The molecule has 0 saturated carbocycles. The molecule has 0 aliphatic carbocycles. The van der Waals surface area contributed by atoms with E-state index in [1.807, 2.05) is 0 Å². The molecule has 112 valence electrons. The Bertz CT molecular complexity index is 282. The van der Waals surface area contributed by atoms with Gasteiger partial charge in [-0.05, 0) is 33.2 Å². The highest BCUT2D eigenvalue weighted by atomic mass is 16.5. The van der Waals surface area contributed by atoms with Gasteiger partial charge in [0, 0.05) is 18.6 Å². The molecule has 0 aromatic rings. The minimum atomic E-state index is -0.205. The zero-order chi connectivity index (χ0) is 14.3. The zero-order valence-corrected chi connectivity index (χ0v) is 12.7. The molecule has 1 rings (SSSR count). The lowest BCUT2D eigenvalue weighted by Gasteiger charge is -2.42. The lowest BCUT2D eigenvalue weighted by molar-refractivity contribution is -0.143. The van der Waals surface area contributed by atoms with E-state index in [-0.39, 0.29) is 17.6 Å². The Morgan fingerprint density at radius 3 is 2.84 bits per heavy atom. The van der Waals surface area contributed by atoms with E-state index in [0.717, 1.165) is 45.7 Å². The Balaban J connectivity index is 2.47. The van der Waals surface area contributed by atoms with E-state index >= 15 is 0 Å². The molecule has 0 aromatic carbocycles. The van der Waals surface area contributed by atoms with Crippen LogP contribution in [0.5, 0.6) is 0 Å². The second-order valence-electron chi connectivity index (χ2n) is 5.67. The minimum absolute atomic E-state index is 0.0453. The van der Waals surface area contributed by atoms with E-state index < -0.39 is 0 Å². The number of hydrogen-bond donors (Lipinski definition) is 1. The number of esters is 1. The van der Waals surface area contributed by atoms with Crippen molar-refractivity contribution in [1.82, 2.24) is 10.2 Å². The van der Waals surface area contributed by atoms with E-state index in [0.29, 0.717) is 0 Å². The number of hydrogen-bond acceptors (Lipinski definition) is 5. The lowest BCUT2D eigenvalue weighted by Crippen LogP contribution is -2.54. The van der Waals surface area contributed by atoms with Crippen molar-refractivity contribution in [3.8, 4) is 0 Å². The van der Waals surface area contributed by atoms with Crippen LogP contribution in [0.2, 0.25) is 0 Å². The van der Waals surface area contributed by atoms with Crippen LogP contribution in [0.3, 0.4) is 0 Å². The number of methoxy groups -OCH3 is 1. The average molecular weight is 272 g/mol. The smallest absolute Gasteiger partial charge is 0.322 e. The van der Waals surface area contributed by atoms with Crippen LogP contribution in [-0.2, 0) is 14.3 Å². The molecule has 0 amide bonds. The molecular formula is C14H28N2O3. The molecule has 1 aliphatic heterocycles. The number of nitrogens with one attached hydrogen (secondary N) is 1. The fraction of sp³-hybridized carbons (Fsp3) is 0.929. The number of rotatable bonds is 7. The summed E-state index contributed by atoms with van der Waals surface area (Å²) in [5.41, 5.74) is 0.0453. The first-order chi connectivity index (χ1) is 9.01. The van der Waals surface area contributed by atoms with Crippen LogP contribution in [-0.4, -0.2) is 62.4 Å². The Morgan fingerprint density at radius 1 is 1.53 bits per heavy atom. The molecule has 0 spiro atoms. The van der Waals surface area contributed by atoms with Crippen molar-refractivity contribution in [2.24, 2.45) is 0 Å². The second-order valence-corrected chi connectivity index (χ2v) is 5.67. The quantitative estimate of drug-likeness (QED) is 0.702. The van der Waals surface area contributed by atoms with Gasteiger partial charge in [0.25, 0.3) is 0 Å². The summed E-state index contributed by atoms with van der Waals surface area (Å²) in [7, 11) is 1.45. The number of carbonyl (C=O) groups is 1. The highest BCUT2D eigenvalue weighted by molar-refractivity contribution is 5.75. The average Bonchev–Trinajstić information content (AvgIpc) is 2.39. The van der Waals surface area contributed by atoms with E-state index in [2.05, 4.69) is 31.0 Å². The van der Waals surface area contributed by atoms with E-state index in [1.54, 1.807) is 0 Å². The Morgan fingerprint density at radius 2 is 2.26 bits per heavy atom. The van der Waals surface area contributed by atoms with Crippen LogP contribution in [0.1, 0.15) is 33.6 Å². The molecule has 1 heterocycles. The maximum atomic E-state index is 11.7. The zero-order valence-electron chi connectivity index (χ0n) is 12.7. The Kier molecular flexibility index (Phi) is 6.75. The van der Waals surface area contributed by atoms with Crippen LogP contribution in [0, 0.1) is 0 Å². The highest BCUT2D eigenvalue weighted by Crippen LogP contribution is 2.19. The van der Waals surface area contributed by atoms with E-state index in [1.165, 1.54) is 7.11 Å². The van der Waals surface area contributed by atoms with Crippen molar-refractivity contribution < 1.29 is 14.3 Å². The van der Waals surface area contributed by atoms with Gasteiger partial charge in [-0.15, -0.1) is 0 Å². The van der Waals surface area contributed by atoms with Crippen LogP contribution < -0.4 is 5.32 Å². The summed E-state index contributed by atoms with van der Waals surface area (Å²) >= 11 is 0. The largest absolute Gasteiger partial charge is 0.468 e. The lowest BCUT2D eigenvalue weighted by atomic mass is 10.0. The summed E-state index contributed by atoms with van der Waals surface area (Å²) in [5.74, 6) is -0.167. The summed E-state index contributed by atoms with van der Waals surface area (Å²) in [4.78, 5) is 14.1. The predicted molar refractivity (Wildman–Crippen MR) is 75.2 cm³/mol. The van der Waals surface area contributed by atoms with Gasteiger partial charge in [-0.1, -0.05) is 6.92 Å². The maximum Gasteiger partial charge on any atom is 0.322 e.